The van der Waals surface area contributed by atoms with Crippen LogP contribution in [0.15, 0.2) is 23.8 Å². The lowest BCUT2D eigenvalue weighted by molar-refractivity contribution is -0.0414. The van der Waals surface area contributed by atoms with Crippen molar-refractivity contribution in [2.75, 3.05) is 0 Å². The topological polar surface area (TPSA) is 20.2 Å². The molecule has 0 heterocycles. The number of aliphatic hydroxyl groups is 1. The van der Waals surface area contributed by atoms with Gasteiger partial charge in [0.15, 0.2) is 0 Å². The number of hydrogen-bond donors (Lipinski definition) is 1. The van der Waals surface area contributed by atoms with Crippen molar-refractivity contribution < 1.29 is 5.11 Å². The van der Waals surface area contributed by atoms with Gasteiger partial charge < -0.3 is 5.11 Å². The van der Waals surface area contributed by atoms with Crippen molar-refractivity contribution in [1.29, 1.82) is 0 Å². The molecule has 0 spiro atoms. The molecule has 4 rings (SSSR count). The van der Waals surface area contributed by atoms with Gasteiger partial charge in [-0.1, -0.05) is 65.3 Å². The van der Waals surface area contributed by atoms with Gasteiger partial charge in [0.1, 0.15) is 0 Å². The van der Waals surface area contributed by atoms with Crippen LogP contribution in [-0.4, -0.2) is 11.2 Å². The molecule has 3 saturated carbocycles. The second-order valence-corrected chi connectivity index (χ2v) is 12.3. The summed E-state index contributed by atoms with van der Waals surface area (Å²) in [4.78, 5) is 0. The van der Waals surface area contributed by atoms with Crippen LogP contribution >= 0.6 is 0 Å². The summed E-state index contributed by atoms with van der Waals surface area (Å²) in [5, 5.41) is 10.2. The number of rotatable bonds is 4. The van der Waals surface area contributed by atoms with E-state index in [1.807, 2.05) is 5.57 Å². The van der Waals surface area contributed by atoms with Gasteiger partial charge in [0.2, 0.25) is 0 Å². The predicted molar refractivity (Wildman–Crippen MR) is 124 cm³/mol. The van der Waals surface area contributed by atoms with Crippen molar-refractivity contribution in [2.45, 2.75) is 99.0 Å². The molecule has 0 amide bonds. The summed E-state index contributed by atoms with van der Waals surface area (Å²) in [7, 11) is 0. The van der Waals surface area contributed by atoms with Crippen LogP contribution in [0.3, 0.4) is 0 Å². The lowest BCUT2D eigenvalue weighted by atomic mass is 9.47. The van der Waals surface area contributed by atoms with E-state index in [1.165, 1.54) is 38.5 Å². The molecule has 0 aliphatic heterocycles. The summed E-state index contributed by atoms with van der Waals surface area (Å²) in [5.74, 6) is 5.25. The van der Waals surface area contributed by atoms with Gasteiger partial charge in [-0.2, -0.15) is 0 Å². The largest absolute Gasteiger partial charge is 0.393 e. The van der Waals surface area contributed by atoms with E-state index < -0.39 is 0 Å². The first-order chi connectivity index (χ1) is 13.7. The van der Waals surface area contributed by atoms with Crippen molar-refractivity contribution in [3.63, 3.8) is 0 Å². The molecule has 0 aromatic heterocycles. The second-order valence-electron chi connectivity index (χ2n) is 12.3. The molecule has 0 radical (unpaired) electrons. The van der Waals surface area contributed by atoms with Crippen molar-refractivity contribution in [3.8, 4) is 0 Å². The molecule has 164 valence electrons. The van der Waals surface area contributed by atoms with Gasteiger partial charge >= 0.3 is 0 Å². The third-order valence-corrected chi connectivity index (χ3v) is 10.5. The highest BCUT2D eigenvalue weighted by molar-refractivity contribution is 5.28. The molecular weight excluding hydrogens is 352 g/mol. The zero-order chi connectivity index (χ0) is 21.0. The molecule has 1 heteroatoms. The Kier molecular flexibility index (Phi) is 5.86. The number of hydrogen-bond acceptors (Lipinski definition) is 1. The first-order valence-electron chi connectivity index (χ1n) is 12.7. The Morgan fingerprint density at radius 2 is 1.62 bits per heavy atom. The van der Waals surface area contributed by atoms with Crippen molar-refractivity contribution in [1.82, 2.24) is 0 Å². The monoisotopic (exact) mass is 398 g/mol. The molecule has 1 nitrogen and oxygen atoms in total. The van der Waals surface area contributed by atoms with Crippen LogP contribution in [0.2, 0.25) is 0 Å². The molecular formula is C28H46O. The van der Waals surface area contributed by atoms with Crippen molar-refractivity contribution in [2.24, 2.45) is 52.3 Å². The van der Waals surface area contributed by atoms with E-state index in [0.717, 1.165) is 36.5 Å². The summed E-state index contributed by atoms with van der Waals surface area (Å²) in [6.45, 7) is 14.7. The minimum atomic E-state index is -0.0476. The van der Waals surface area contributed by atoms with Crippen LogP contribution < -0.4 is 0 Å². The van der Waals surface area contributed by atoms with Gasteiger partial charge in [0.05, 0.1) is 6.10 Å². The summed E-state index contributed by atoms with van der Waals surface area (Å²) in [6.07, 6.45) is 17.8. The van der Waals surface area contributed by atoms with Crippen LogP contribution in [0, 0.1) is 52.3 Å². The zero-order valence-electron chi connectivity index (χ0n) is 20.0. The van der Waals surface area contributed by atoms with E-state index in [2.05, 4.69) is 59.8 Å². The van der Waals surface area contributed by atoms with E-state index >= 15 is 0 Å². The number of aliphatic hydroxyl groups excluding tert-OH is 1. The molecule has 0 unspecified atom stereocenters. The number of fused-ring (bicyclic) bond motifs is 5. The molecule has 0 aromatic carbocycles. The Morgan fingerprint density at radius 1 is 0.931 bits per heavy atom. The molecule has 29 heavy (non-hydrogen) atoms. The van der Waals surface area contributed by atoms with Gasteiger partial charge in [0.25, 0.3) is 0 Å². The van der Waals surface area contributed by atoms with Gasteiger partial charge in [-0.3, -0.25) is 0 Å². The van der Waals surface area contributed by atoms with Crippen LogP contribution in [0.25, 0.3) is 0 Å². The van der Waals surface area contributed by atoms with Crippen molar-refractivity contribution >= 4 is 0 Å². The van der Waals surface area contributed by atoms with Crippen molar-refractivity contribution in [3.05, 3.63) is 23.8 Å². The second kappa shape index (κ2) is 7.85. The SMILES string of the molecule is CC(C)[C@@H](C)/C=C/[C@H](C)[C@H]1CC[C@H]2C3=CC[C@@H]4C[C@@H](O)CC[C@]4(C)[C@H]3CC[C@]12C. The fourth-order valence-electron chi connectivity index (χ4n) is 8.10. The van der Waals surface area contributed by atoms with E-state index in [9.17, 15) is 5.11 Å². The third kappa shape index (κ3) is 3.58. The molecule has 1 N–H and O–H groups in total. The summed E-state index contributed by atoms with van der Waals surface area (Å²) in [6, 6.07) is 0. The Hall–Kier alpha value is -0.560. The minimum absolute atomic E-state index is 0.0476. The lowest BCUT2D eigenvalue weighted by Crippen LogP contribution is -2.49. The van der Waals surface area contributed by atoms with E-state index in [0.29, 0.717) is 28.6 Å². The molecule has 0 aromatic rings. The average molecular weight is 399 g/mol. The quantitative estimate of drug-likeness (QED) is 0.489. The number of allylic oxidation sites excluding steroid dienone is 4. The highest BCUT2D eigenvalue weighted by atomic mass is 16.3. The van der Waals surface area contributed by atoms with E-state index in [4.69, 9.17) is 0 Å². The summed E-state index contributed by atoms with van der Waals surface area (Å²) >= 11 is 0. The van der Waals surface area contributed by atoms with Crippen LogP contribution in [0.1, 0.15) is 92.9 Å². The minimum Gasteiger partial charge on any atom is -0.393 e. The van der Waals surface area contributed by atoms with Crippen LogP contribution in [0.4, 0.5) is 0 Å². The van der Waals surface area contributed by atoms with Gasteiger partial charge in [-0.05, 0) is 104 Å². The maximum atomic E-state index is 10.2. The molecule has 0 bridgehead atoms. The van der Waals surface area contributed by atoms with Gasteiger partial charge in [-0.25, -0.2) is 0 Å². The fraction of sp³-hybridized carbons (Fsp3) is 0.857. The van der Waals surface area contributed by atoms with Gasteiger partial charge in [-0.15, -0.1) is 0 Å². The maximum Gasteiger partial charge on any atom is 0.0543 e. The van der Waals surface area contributed by atoms with Crippen LogP contribution in [0.5, 0.6) is 0 Å². The molecule has 0 saturated heterocycles. The zero-order valence-corrected chi connectivity index (χ0v) is 20.0. The molecule has 9 atom stereocenters. The Labute approximate surface area is 180 Å². The average Bonchev–Trinajstić information content (AvgIpc) is 3.03. The Balaban J connectivity index is 1.54. The first-order valence-corrected chi connectivity index (χ1v) is 12.7. The lowest BCUT2D eigenvalue weighted by Gasteiger charge is -2.57. The molecule has 3 fully saturated rings. The third-order valence-electron chi connectivity index (χ3n) is 10.5. The fourth-order valence-corrected chi connectivity index (χ4v) is 8.10. The summed E-state index contributed by atoms with van der Waals surface area (Å²) < 4.78 is 0. The Bertz CT molecular complexity index is 659. The first kappa shape index (κ1) is 21.7. The highest BCUT2D eigenvalue weighted by Gasteiger charge is 2.57. The maximum absolute atomic E-state index is 10.2. The predicted octanol–water partition coefficient (Wildman–Crippen LogP) is 7.41. The van der Waals surface area contributed by atoms with E-state index in [1.54, 1.807) is 0 Å². The van der Waals surface area contributed by atoms with Crippen LogP contribution in [-0.2, 0) is 0 Å². The summed E-state index contributed by atoms with van der Waals surface area (Å²) in [5.41, 5.74) is 2.79. The standard InChI is InChI=1S/C28H46O/c1-18(2)19(3)7-8-20(4)24-11-12-25-23-10-9-21-17-22(29)13-15-27(21,5)26(23)14-16-28(24,25)6/h7-8,10,18-22,24-26,29H,9,11-17H2,1-6H3/b8-7+/t19-,20-,21+,22-,24+,25-,26-,27-,28+/m0/s1. The van der Waals surface area contributed by atoms with E-state index in [-0.39, 0.29) is 6.10 Å². The smallest absolute Gasteiger partial charge is 0.0543 e. The molecule has 4 aliphatic rings. The highest BCUT2D eigenvalue weighted by Crippen LogP contribution is 2.66. The normalized spacial score (nSPS) is 46.8. The molecule has 4 aliphatic carbocycles. The van der Waals surface area contributed by atoms with Gasteiger partial charge in [0, 0.05) is 0 Å². The Morgan fingerprint density at radius 3 is 2.34 bits per heavy atom.